The molecule has 53 heavy (non-hydrogen) atoms. The predicted molar refractivity (Wildman–Crippen MR) is 213 cm³/mol. The van der Waals surface area contributed by atoms with E-state index in [1.807, 2.05) is 24.3 Å². The molecule has 7 aromatic carbocycles. The van der Waals surface area contributed by atoms with Crippen molar-refractivity contribution in [1.29, 1.82) is 0 Å². The van der Waals surface area contributed by atoms with Crippen LogP contribution in [0.1, 0.15) is 47.2 Å². The number of aromatic nitrogens is 2. The molecular formula is C50H34N2O. The molecule has 0 radical (unpaired) electrons. The largest absolute Gasteiger partial charge is 0.456 e. The molecule has 3 heteroatoms. The van der Waals surface area contributed by atoms with Crippen LogP contribution in [0.15, 0.2) is 170 Å². The summed E-state index contributed by atoms with van der Waals surface area (Å²) in [4.78, 5) is 10.4. The van der Waals surface area contributed by atoms with E-state index < -0.39 is 10.8 Å². The molecule has 1 aromatic heterocycles. The fourth-order valence-corrected chi connectivity index (χ4v) is 9.61. The molecule has 0 fully saturated rings. The quantitative estimate of drug-likeness (QED) is 0.187. The fourth-order valence-electron chi connectivity index (χ4n) is 9.61. The van der Waals surface area contributed by atoms with Crippen molar-refractivity contribution in [2.45, 2.75) is 24.7 Å². The summed E-state index contributed by atoms with van der Waals surface area (Å²) >= 11 is 0. The highest BCUT2D eigenvalue weighted by Crippen LogP contribution is 2.65. The molecule has 0 amide bonds. The summed E-state index contributed by atoms with van der Waals surface area (Å²) in [5, 5.41) is 0. The Morgan fingerprint density at radius 1 is 0.415 bits per heavy atom. The minimum Gasteiger partial charge on any atom is -0.456 e. The summed E-state index contributed by atoms with van der Waals surface area (Å²) in [5.41, 5.74) is 16.5. The van der Waals surface area contributed by atoms with Gasteiger partial charge in [-0.25, -0.2) is 9.97 Å². The molecule has 3 nitrogen and oxygen atoms in total. The zero-order chi connectivity index (χ0) is 35.3. The summed E-state index contributed by atoms with van der Waals surface area (Å²) < 4.78 is 7.18. The molecule has 0 atom stereocenters. The van der Waals surface area contributed by atoms with Gasteiger partial charge in [-0.05, 0) is 51.1 Å². The Morgan fingerprint density at radius 2 is 0.962 bits per heavy atom. The average molecular weight is 679 g/mol. The lowest BCUT2D eigenvalue weighted by atomic mass is 9.65. The van der Waals surface area contributed by atoms with Gasteiger partial charge >= 0.3 is 0 Å². The van der Waals surface area contributed by atoms with Crippen molar-refractivity contribution in [1.82, 2.24) is 9.97 Å². The molecule has 2 aliphatic carbocycles. The highest BCUT2D eigenvalue weighted by Gasteiger charge is 2.53. The van der Waals surface area contributed by atoms with E-state index in [1.54, 1.807) is 0 Å². The highest BCUT2D eigenvalue weighted by molar-refractivity contribution is 5.94. The van der Waals surface area contributed by atoms with Crippen LogP contribution >= 0.6 is 0 Å². The van der Waals surface area contributed by atoms with E-state index in [0.717, 1.165) is 39.6 Å². The van der Waals surface area contributed by atoms with E-state index in [-0.39, 0.29) is 0 Å². The minimum atomic E-state index is -0.512. The number of nitrogens with zero attached hydrogens (tertiary/aromatic N) is 2. The molecule has 0 saturated carbocycles. The molecule has 8 aromatic rings. The lowest BCUT2D eigenvalue weighted by molar-refractivity contribution is 0.423. The van der Waals surface area contributed by atoms with Crippen LogP contribution in [0, 0.1) is 0 Å². The molecule has 0 unspecified atom stereocenters. The van der Waals surface area contributed by atoms with Gasteiger partial charge in [0.25, 0.3) is 0 Å². The first-order valence-corrected chi connectivity index (χ1v) is 18.3. The van der Waals surface area contributed by atoms with Crippen LogP contribution in [0.3, 0.4) is 0 Å². The third-order valence-corrected chi connectivity index (χ3v) is 11.7. The van der Waals surface area contributed by atoms with Crippen LogP contribution in [-0.2, 0) is 10.8 Å². The second-order valence-electron chi connectivity index (χ2n) is 14.9. The summed E-state index contributed by atoms with van der Waals surface area (Å²) in [5.74, 6) is 2.57. The van der Waals surface area contributed by atoms with Crippen LogP contribution in [0.2, 0.25) is 0 Å². The molecule has 250 valence electrons. The number of fused-ring (bicyclic) bond motifs is 13. The van der Waals surface area contributed by atoms with E-state index in [2.05, 4.69) is 159 Å². The monoisotopic (exact) mass is 678 g/mol. The van der Waals surface area contributed by atoms with Gasteiger partial charge in [-0.3, -0.25) is 0 Å². The van der Waals surface area contributed by atoms with Gasteiger partial charge in [0.15, 0.2) is 5.82 Å². The number of para-hydroxylation sites is 1. The first-order chi connectivity index (χ1) is 26.0. The van der Waals surface area contributed by atoms with Gasteiger partial charge in [-0.15, -0.1) is 0 Å². The van der Waals surface area contributed by atoms with Gasteiger partial charge in [0.05, 0.1) is 16.8 Å². The first-order valence-electron chi connectivity index (χ1n) is 18.3. The molecular weight excluding hydrogens is 645 g/mol. The van der Waals surface area contributed by atoms with Gasteiger partial charge in [0.1, 0.15) is 11.5 Å². The SMILES string of the molecule is CC1(C)c2c(-c3cc(-c4ccccc4)nc(-c4ccccc4)n3)cccc2-c2ccc3c(c21)Oc1ccccc1C31c2ccccc2-c2ccccc21. The second-order valence-corrected chi connectivity index (χ2v) is 14.9. The van der Waals surface area contributed by atoms with Crippen molar-refractivity contribution < 1.29 is 4.74 Å². The molecule has 0 N–H and O–H groups in total. The topological polar surface area (TPSA) is 35.0 Å². The molecule has 11 rings (SSSR count). The lowest BCUT2D eigenvalue weighted by Crippen LogP contribution is -2.33. The summed E-state index contributed by atoms with van der Waals surface area (Å²) in [6, 6.07) is 60.7. The van der Waals surface area contributed by atoms with Crippen molar-refractivity contribution in [2.24, 2.45) is 0 Å². The maximum Gasteiger partial charge on any atom is 0.160 e. The normalized spacial score (nSPS) is 14.7. The molecule has 2 heterocycles. The van der Waals surface area contributed by atoms with Crippen molar-refractivity contribution >= 4 is 0 Å². The Hall–Kier alpha value is -6.58. The maximum absolute atomic E-state index is 7.18. The van der Waals surface area contributed by atoms with Crippen LogP contribution in [-0.4, -0.2) is 9.97 Å². The van der Waals surface area contributed by atoms with Crippen molar-refractivity contribution in [3.8, 4) is 67.7 Å². The Morgan fingerprint density at radius 3 is 1.68 bits per heavy atom. The average Bonchev–Trinajstić information content (AvgIpc) is 3.64. The van der Waals surface area contributed by atoms with Crippen molar-refractivity contribution in [2.75, 3.05) is 0 Å². The van der Waals surface area contributed by atoms with E-state index >= 15 is 0 Å². The third-order valence-electron chi connectivity index (χ3n) is 11.7. The number of hydrogen-bond donors (Lipinski definition) is 0. The summed E-state index contributed by atoms with van der Waals surface area (Å²) in [6.07, 6.45) is 0. The number of benzene rings is 7. The minimum absolute atomic E-state index is 0.414. The Kier molecular flexibility index (Phi) is 6.22. The zero-order valence-electron chi connectivity index (χ0n) is 29.5. The smallest absolute Gasteiger partial charge is 0.160 e. The van der Waals surface area contributed by atoms with Gasteiger partial charge in [-0.2, -0.15) is 0 Å². The van der Waals surface area contributed by atoms with Gasteiger partial charge in [0, 0.05) is 38.8 Å². The number of rotatable bonds is 3. The van der Waals surface area contributed by atoms with Crippen LogP contribution in [0.4, 0.5) is 0 Å². The van der Waals surface area contributed by atoms with E-state index in [9.17, 15) is 0 Å². The molecule has 3 aliphatic rings. The Balaban J connectivity index is 1.16. The highest BCUT2D eigenvalue weighted by atomic mass is 16.5. The third kappa shape index (κ3) is 4.05. The summed E-state index contributed by atoms with van der Waals surface area (Å²) in [6.45, 7) is 4.71. The molecule has 0 saturated heterocycles. The zero-order valence-corrected chi connectivity index (χ0v) is 29.5. The summed E-state index contributed by atoms with van der Waals surface area (Å²) in [7, 11) is 0. The van der Waals surface area contributed by atoms with Gasteiger partial charge in [0.2, 0.25) is 0 Å². The van der Waals surface area contributed by atoms with Crippen molar-refractivity contribution in [3.63, 3.8) is 0 Å². The Labute approximate surface area is 309 Å². The predicted octanol–water partition coefficient (Wildman–Crippen LogP) is 12.3. The Bertz CT molecular complexity index is 2680. The van der Waals surface area contributed by atoms with E-state index in [4.69, 9.17) is 14.7 Å². The maximum atomic E-state index is 7.18. The van der Waals surface area contributed by atoms with E-state index in [0.29, 0.717) is 5.82 Å². The number of ether oxygens (including phenoxy) is 1. The molecule has 0 bridgehead atoms. The first kappa shape index (κ1) is 30.1. The van der Waals surface area contributed by atoms with Gasteiger partial charge in [-0.1, -0.05) is 172 Å². The molecule has 1 spiro atoms. The fraction of sp³-hybridized carbons (Fsp3) is 0.0800. The van der Waals surface area contributed by atoms with E-state index in [1.165, 1.54) is 55.6 Å². The second kappa shape index (κ2) is 11.0. The van der Waals surface area contributed by atoms with Crippen LogP contribution < -0.4 is 4.74 Å². The van der Waals surface area contributed by atoms with Crippen LogP contribution in [0.5, 0.6) is 11.5 Å². The number of hydrogen-bond acceptors (Lipinski definition) is 3. The van der Waals surface area contributed by atoms with Crippen molar-refractivity contribution in [3.05, 3.63) is 203 Å². The molecule has 1 aliphatic heterocycles. The lowest BCUT2D eigenvalue weighted by Gasteiger charge is -2.41. The van der Waals surface area contributed by atoms with Crippen LogP contribution in [0.25, 0.3) is 56.2 Å². The van der Waals surface area contributed by atoms with Gasteiger partial charge < -0.3 is 4.74 Å². The standard InChI is InChI=1S/C50H34N2O/c1-49(2)45-35(22-15-23-37(45)43-30-42(31-16-5-3-6-17-31)51-48(52-43)32-18-7-4-8-19-32)36-28-29-41-47(46(36)49)53-44-27-14-13-26-40(44)50(41)38-24-11-9-20-33(38)34-21-10-12-25-39(34)50/h3-30H,1-2H3.